The largest absolute Gasteiger partial charge is 0.504 e. The van der Waals surface area contributed by atoms with E-state index in [0.29, 0.717) is 12.1 Å². The monoisotopic (exact) mass is 304 g/mol. The van der Waals surface area contributed by atoms with Gasteiger partial charge in [0.25, 0.3) is 0 Å². The zero-order valence-electron chi connectivity index (χ0n) is 12.6. The standard InChI is InChI=1S/C16H20N2O4/c1-2-3-4-5-11(19)6-7-12-13(16(21)22)10-18-9-8-17-15(18)14(12)20/h8-10,20H,2-7H2,1H3,(H,21,22). The molecule has 0 saturated heterocycles. The summed E-state index contributed by atoms with van der Waals surface area (Å²) in [6.45, 7) is 2.07. The predicted octanol–water partition coefficient (Wildman–Crippen LogP) is 2.82. The van der Waals surface area contributed by atoms with E-state index < -0.39 is 5.97 Å². The van der Waals surface area contributed by atoms with Crippen molar-refractivity contribution >= 4 is 17.4 Å². The molecule has 0 aromatic carbocycles. The molecule has 2 aromatic heterocycles. The average molecular weight is 304 g/mol. The van der Waals surface area contributed by atoms with Crippen molar-refractivity contribution in [2.45, 2.75) is 45.4 Å². The third-order valence-corrected chi connectivity index (χ3v) is 3.70. The first-order chi connectivity index (χ1) is 10.5. The van der Waals surface area contributed by atoms with Gasteiger partial charge in [0.05, 0.1) is 5.56 Å². The maximum Gasteiger partial charge on any atom is 0.337 e. The highest BCUT2D eigenvalue weighted by atomic mass is 16.4. The summed E-state index contributed by atoms with van der Waals surface area (Å²) in [5.74, 6) is -1.20. The molecule has 2 N–H and O–H groups in total. The van der Waals surface area contributed by atoms with E-state index in [0.717, 1.165) is 19.3 Å². The second kappa shape index (κ2) is 7.06. The topological polar surface area (TPSA) is 91.9 Å². The molecule has 0 atom stereocenters. The van der Waals surface area contributed by atoms with Crippen molar-refractivity contribution in [3.8, 4) is 5.75 Å². The van der Waals surface area contributed by atoms with Gasteiger partial charge in [-0.25, -0.2) is 9.78 Å². The SMILES string of the molecule is CCCCCC(=O)CCc1c(C(=O)O)cn2ccnc2c1O. The molecular weight excluding hydrogens is 284 g/mol. The summed E-state index contributed by atoms with van der Waals surface area (Å²) >= 11 is 0. The molecule has 118 valence electrons. The minimum atomic E-state index is -1.13. The van der Waals surface area contributed by atoms with Gasteiger partial charge in [0, 0.05) is 37.0 Å². The molecule has 22 heavy (non-hydrogen) atoms. The molecule has 0 spiro atoms. The molecular formula is C16H20N2O4. The number of fused-ring (bicyclic) bond motifs is 1. The fourth-order valence-electron chi connectivity index (χ4n) is 2.48. The van der Waals surface area contributed by atoms with E-state index in [9.17, 15) is 19.8 Å². The summed E-state index contributed by atoms with van der Waals surface area (Å²) < 4.78 is 1.46. The Hall–Kier alpha value is -2.37. The molecule has 0 radical (unpaired) electrons. The van der Waals surface area contributed by atoms with Crippen molar-refractivity contribution < 1.29 is 19.8 Å². The van der Waals surface area contributed by atoms with E-state index in [-0.39, 0.29) is 35.5 Å². The Morgan fingerprint density at radius 2 is 2.05 bits per heavy atom. The van der Waals surface area contributed by atoms with Gasteiger partial charge in [-0.15, -0.1) is 0 Å². The quantitative estimate of drug-likeness (QED) is 0.732. The van der Waals surface area contributed by atoms with Crippen LogP contribution in [0.3, 0.4) is 0 Å². The number of nitrogens with zero attached hydrogens (tertiary/aromatic N) is 2. The predicted molar refractivity (Wildman–Crippen MR) is 81.3 cm³/mol. The van der Waals surface area contributed by atoms with Crippen LogP contribution in [0, 0.1) is 0 Å². The smallest absolute Gasteiger partial charge is 0.337 e. The first kappa shape index (κ1) is 16.0. The number of aromatic hydroxyl groups is 1. The second-order valence-electron chi connectivity index (χ2n) is 5.33. The van der Waals surface area contributed by atoms with Gasteiger partial charge in [0.2, 0.25) is 0 Å². The number of hydrogen-bond acceptors (Lipinski definition) is 4. The first-order valence-corrected chi connectivity index (χ1v) is 7.47. The van der Waals surface area contributed by atoms with Gasteiger partial charge in [0.1, 0.15) is 5.78 Å². The molecule has 2 rings (SSSR count). The first-order valence-electron chi connectivity index (χ1n) is 7.47. The Bertz CT molecular complexity index is 691. The Kier molecular flexibility index (Phi) is 5.14. The van der Waals surface area contributed by atoms with Crippen LogP contribution in [0.2, 0.25) is 0 Å². The summed E-state index contributed by atoms with van der Waals surface area (Å²) in [5.41, 5.74) is 0.581. The van der Waals surface area contributed by atoms with Crippen LogP contribution in [0.25, 0.3) is 5.65 Å². The Labute approximate surface area is 128 Å². The average Bonchev–Trinajstić information content (AvgIpc) is 2.95. The number of rotatable bonds is 8. The van der Waals surface area contributed by atoms with E-state index in [2.05, 4.69) is 11.9 Å². The summed E-state index contributed by atoms with van der Waals surface area (Å²) in [5, 5.41) is 19.5. The Balaban J connectivity index is 2.18. The summed E-state index contributed by atoms with van der Waals surface area (Å²) in [4.78, 5) is 27.2. The van der Waals surface area contributed by atoms with E-state index in [1.165, 1.54) is 16.8 Å². The molecule has 0 unspecified atom stereocenters. The maximum atomic E-state index is 11.8. The second-order valence-corrected chi connectivity index (χ2v) is 5.33. The third kappa shape index (κ3) is 3.44. The summed E-state index contributed by atoms with van der Waals surface area (Å²) in [6.07, 6.45) is 8.33. The van der Waals surface area contributed by atoms with E-state index in [1.54, 1.807) is 6.20 Å². The zero-order valence-corrected chi connectivity index (χ0v) is 12.6. The van der Waals surface area contributed by atoms with Gasteiger partial charge < -0.3 is 14.6 Å². The molecule has 6 heteroatoms. The lowest BCUT2D eigenvalue weighted by molar-refractivity contribution is -0.119. The Morgan fingerprint density at radius 1 is 1.27 bits per heavy atom. The van der Waals surface area contributed by atoms with Crippen molar-refractivity contribution in [1.82, 2.24) is 9.38 Å². The highest BCUT2D eigenvalue weighted by molar-refractivity contribution is 5.91. The highest BCUT2D eigenvalue weighted by Crippen LogP contribution is 2.27. The third-order valence-electron chi connectivity index (χ3n) is 3.70. The number of carbonyl (C=O) groups excluding carboxylic acids is 1. The number of ketones is 1. The van der Waals surface area contributed by atoms with Crippen LogP contribution in [-0.2, 0) is 11.2 Å². The summed E-state index contributed by atoms with van der Waals surface area (Å²) in [6, 6.07) is 0. The lowest BCUT2D eigenvalue weighted by atomic mass is 10.00. The van der Waals surface area contributed by atoms with Crippen molar-refractivity contribution in [1.29, 1.82) is 0 Å². The molecule has 2 aromatic rings. The molecule has 0 bridgehead atoms. The van der Waals surface area contributed by atoms with Gasteiger partial charge in [0.15, 0.2) is 11.4 Å². The molecule has 0 saturated carbocycles. The van der Waals surface area contributed by atoms with Crippen molar-refractivity contribution in [2.24, 2.45) is 0 Å². The number of imidazole rings is 1. The fraction of sp³-hybridized carbons (Fsp3) is 0.438. The molecule has 0 aliphatic heterocycles. The van der Waals surface area contributed by atoms with Crippen LogP contribution in [0.4, 0.5) is 0 Å². The van der Waals surface area contributed by atoms with Crippen molar-refractivity contribution in [3.63, 3.8) is 0 Å². The van der Waals surface area contributed by atoms with Gasteiger partial charge >= 0.3 is 5.97 Å². The molecule has 0 aliphatic carbocycles. The molecule has 0 fully saturated rings. The van der Waals surface area contributed by atoms with Gasteiger partial charge in [-0.05, 0) is 12.8 Å². The number of carboxylic acid groups (broad SMARTS) is 1. The maximum absolute atomic E-state index is 11.8. The van der Waals surface area contributed by atoms with Crippen LogP contribution in [-0.4, -0.2) is 31.4 Å². The fourth-order valence-corrected chi connectivity index (χ4v) is 2.48. The van der Waals surface area contributed by atoms with Gasteiger partial charge in [-0.2, -0.15) is 0 Å². The molecule has 6 nitrogen and oxygen atoms in total. The minimum absolute atomic E-state index is 0.00404. The number of Topliss-reactive ketones (excluding diaryl/α,β-unsaturated/α-hetero) is 1. The Morgan fingerprint density at radius 3 is 2.73 bits per heavy atom. The number of carboxylic acids is 1. The van der Waals surface area contributed by atoms with E-state index >= 15 is 0 Å². The number of carbonyl (C=O) groups is 2. The van der Waals surface area contributed by atoms with Crippen LogP contribution in [0.1, 0.15) is 54.9 Å². The van der Waals surface area contributed by atoms with Crippen molar-refractivity contribution in [3.05, 3.63) is 29.7 Å². The molecule has 0 amide bonds. The van der Waals surface area contributed by atoms with Crippen LogP contribution < -0.4 is 0 Å². The number of hydrogen-bond donors (Lipinski definition) is 2. The van der Waals surface area contributed by atoms with Gasteiger partial charge in [-0.1, -0.05) is 19.8 Å². The van der Waals surface area contributed by atoms with Crippen LogP contribution in [0.5, 0.6) is 5.75 Å². The van der Waals surface area contributed by atoms with Crippen molar-refractivity contribution in [2.75, 3.05) is 0 Å². The van der Waals surface area contributed by atoms with E-state index in [1.807, 2.05) is 0 Å². The minimum Gasteiger partial charge on any atom is -0.504 e. The lowest BCUT2D eigenvalue weighted by Gasteiger charge is -2.10. The number of aromatic nitrogens is 2. The molecule has 2 heterocycles. The van der Waals surface area contributed by atoms with Crippen LogP contribution in [0.15, 0.2) is 18.6 Å². The normalized spacial score (nSPS) is 11.0. The van der Waals surface area contributed by atoms with E-state index in [4.69, 9.17) is 0 Å². The number of unbranched alkanes of at least 4 members (excludes halogenated alkanes) is 2. The highest BCUT2D eigenvalue weighted by Gasteiger charge is 2.19. The summed E-state index contributed by atoms with van der Waals surface area (Å²) in [7, 11) is 0. The number of pyridine rings is 1. The van der Waals surface area contributed by atoms with Gasteiger partial charge in [-0.3, -0.25) is 4.79 Å². The van der Waals surface area contributed by atoms with Crippen LogP contribution >= 0.6 is 0 Å². The zero-order chi connectivity index (χ0) is 16.1. The molecule has 0 aliphatic rings. The lowest BCUT2D eigenvalue weighted by Crippen LogP contribution is -2.08. The number of aromatic carboxylic acids is 1.